The molecule has 1 aliphatic heterocycles. The van der Waals surface area contributed by atoms with Gasteiger partial charge in [-0.05, 0) is 91.2 Å². The molecule has 1 heterocycles. The molecule has 4 aromatic rings. The number of hydrogen-bond donors (Lipinski definition) is 2. The van der Waals surface area contributed by atoms with Crippen LogP contribution in [0.1, 0.15) is 33.5 Å². The van der Waals surface area contributed by atoms with Crippen LogP contribution < -0.4 is 20.3 Å². The third-order valence-electron chi connectivity index (χ3n) is 7.18. The van der Waals surface area contributed by atoms with E-state index in [-0.39, 0.29) is 23.9 Å². The van der Waals surface area contributed by atoms with Gasteiger partial charge in [-0.15, -0.1) is 11.8 Å². The van der Waals surface area contributed by atoms with E-state index in [1.165, 1.54) is 16.7 Å². The monoisotopic (exact) mass is 605 g/mol. The smallest absolute Gasteiger partial charge is 0.272 e. The summed E-state index contributed by atoms with van der Waals surface area (Å²) < 4.78 is 5.22. The second-order valence-electron chi connectivity index (χ2n) is 10.3. The van der Waals surface area contributed by atoms with Gasteiger partial charge in [-0.2, -0.15) is 0 Å². The first-order chi connectivity index (χ1) is 21.2. The molecule has 1 atom stereocenters. The van der Waals surface area contributed by atoms with Crippen LogP contribution in [0.2, 0.25) is 0 Å². The SMILES string of the molecule is COc1ccc(/C=C(/NC(=O)c2ccccc2)C(=O)Nc2cccc(S[C@H]3CC(=O)N(c4ccc(C)c(C)c4)C3=O)c2)cc1. The van der Waals surface area contributed by atoms with E-state index in [0.29, 0.717) is 33.1 Å². The lowest BCUT2D eigenvalue weighted by Gasteiger charge is -2.16. The average molecular weight is 606 g/mol. The van der Waals surface area contributed by atoms with Gasteiger partial charge in [-0.25, -0.2) is 4.90 Å². The Kier molecular flexibility index (Phi) is 9.26. The van der Waals surface area contributed by atoms with Crippen LogP contribution in [0.15, 0.2) is 108 Å². The molecular formula is C35H31N3O5S. The lowest BCUT2D eigenvalue weighted by molar-refractivity contribution is -0.121. The number of anilines is 2. The van der Waals surface area contributed by atoms with Gasteiger partial charge in [0.15, 0.2) is 0 Å². The summed E-state index contributed by atoms with van der Waals surface area (Å²) in [6, 6.07) is 28.3. The Morgan fingerprint density at radius 2 is 1.64 bits per heavy atom. The molecule has 4 amide bonds. The molecule has 0 aromatic heterocycles. The summed E-state index contributed by atoms with van der Waals surface area (Å²) in [7, 11) is 1.57. The highest BCUT2D eigenvalue weighted by molar-refractivity contribution is 8.00. The Hall–Kier alpha value is -5.15. The molecule has 2 N–H and O–H groups in total. The zero-order valence-electron chi connectivity index (χ0n) is 24.5. The highest BCUT2D eigenvalue weighted by Gasteiger charge is 2.40. The van der Waals surface area contributed by atoms with Crippen molar-refractivity contribution in [2.24, 2.45) is 0 Å². The predicted molar refractivity (Wildman–Crippen MR) is 173 cm³/mol. The maximum absolute atomic E-state index is 13.5. The minimum absolute atomic E-state index is 0.0441. The highest BCUT2D eigenvalue weighted by atomic mass is 32.2. The molecule has 0 aliphatic carbocycles. The summed E-state index contributed by atoms with van der Waals surface area (Å²) in [5.74, 6) is -0.813. The number of nitrogens with one attached hydrogen (secondary N) is 2. The molecule has 9 heteroatoms. The molecule has 1 saturated heterocycles. The molecule has 0 unspecified atom stereocenters. The first-order valence-corrected chi connectivity index (χ1v) is 14.8. The number of benzene rings is 4. The molecular weight excluding hydrogens is 574 g/mol. The number of thioether (sulfide) groups is 1. The molecule has 222 valence electrons. The second kappa shape index (κ2) is 13.4. The fraction of sp³-hybridized carbons (Fsp3) is 0.143. The molecule has 0 saturated carbocycles. The number of carbonyl (C=O) groups excluding carboxylic acids is 4. The van der Waals surface area contributed by atoms with Crippen molar-refractivity contribution in [2.45, 2.75) is 30.4 Å². The van der Waals surface area contributed by atoms with Gasteiger partial charge in [-0.3, -0.25) is 19.2 Å². The van der Waals surface area contributed by atoms with Crippen molar-refractivity contribution in [3.05, 3.63) is 125 Å². The van der Waals surface area contributed by atoms with Crippen LogP contribution in [-0.4, -0.2) is 36.0 Å². The second-order valence-corrected chi connectivity index (χ2v) is 11.6. The van der Waals surface area contributed by atoms with Crippen LogP contribution in [0.25, 0.3) is 6.08 Å². The van der Waals surface area contributed by atoms with Crippen LogP contribution >= 0.6 is 11.8 Å². The summed E-state index contributed by atoms with van der Waals surface area (Å²) >= 11 is 1.27. The quantitative estimate of drug-likeness (QED) is 0.175. The van der Waals surface area contributed by atoms with Crippen molar-refractivity contribution in [1.29, 1.82) is 0 Å². The van der Waals surface area contributed by atoms with Crippen LogP contribution in [0.4, 0.5) is 11.4 Å². The molecule has 0 bridgehead atoms. The third kappa shape index (κ3) is 7.07. The van der Waals surface area contributed by atoms with Gasteiger partial charge >= 0.3 is 0 Å². The van der Waals surface area contributed by atoms with E-state index >= 15 is 0 Å². The number of imide groups is 1. The van der Waals surface area contributed by atoms with Gasteiger partial charge in [0.25, 0.3) is 11.8 Å². The molecule has 8 nitrogen and oxygen atoms in total. The van der Waals surface area contributed by atoms with E-state index < -0.39 is 17.1 Å². The first kappa shape index (κ1) is 30.3. The lowest BCUT2D eigenvalue weighted by Crippen LogP contribution is -2.31. The highest BCUT2D eigenvalue weighted by Crippen LogP contribution is 2.35. The number of amides is 4. The summed E-state index contributed by atoms with van der Waals surface area (Å²) in [5, 5.41) is 4.99. The van der Waals surface area contributed by atoms with Crippen molar-refractivity contribution < 1.29 is 23.9 Å². The van der Waals surface area contributed by atoms with Crippen molar-refractivity contribution in [1.82, 2.24) is 5.32 Å². The molecule has 44 heavy (non-hydrogen) atoms. The van der Waals surface area contributed by atoms with Crippen LogP contribution in [0, 0.1) is 13.8 Å². The molecule has 0 radical (unpaired) electrons. The minimum Gasteiger partial charge on any atom is -0.497 e. The number of nitrogens with zero attached hydrogens (tertiary/aromatic N) is 1. The normalized spacial score (nSPS) is 14.8. The van der Waals surface area contributed by atoms with Crippen molar-refractivity contribution >= 4 is 52.8 Å². The molecule has 5 rings (SSSR count). The summed E-state index contributed by atoms with van der Waals surface area (Å²) in [5.41, 5.74) is 4.26. The van der Waals surface area contributed by atoms with Crippen molar-refractivity contribution in [3.8, 4) is 5.75 Å². The van der Waals surface area contributed by atoms with Gasteiger partial charge in [0.2, 0.25) is 11.8 Å². The Labute approximate surface area is 260 Å². The maximum Gasteiger partial charge on any atom is 0.272 e. The van der Waals surface area contributed by atoms with E-state index in [9.17, 15) is 19.2 Å². The summed E-state index contributed by atoms with van der Waals surface area (Å²) in [4.78, 5) is 54.5. The number of rotatable bonds is 9. The molecule has 1 aliphatic rings. The molecule has 0 spiro atoms. The van der Waals surface area contributed by atoms with Gasteiger partial charge < -0.3 is 15.4 Å². The van der Waals surface area contributed by atoms with E-state index in [0.717, 1.165) is 11.1 Å². The van der Waals surface area contributed by atoms with E-state index in [1.54, 1.807) is 92.0 Å². The largest absolute Gasteiger partial charge is 0.497 e. The van der Waals surface area contributed by atoms with Crippen LogP contribution in [0.5, 0.6) is 5.75 Å². The van der Waals surface area contributed by atoms with Crippen molar-refractivity contribution in [2.75, 3.05) is 17.3 Å². The topological polar surface area (TPSA) is 105 Å². The Morgan fingerprint density at radius 3 is 2.34 bits per heavy atom. The van der Waals surface area contributed by atoms with Crippen LogP contribution in [0.3, 0.4) is 0 Å². The molecule has 4 aromatic carbocycles. The standard InChI is InChI=1S/C35H31N3O5S/c1-22-12-15-27(18-23(22)2)38-32(39)21-31(35(38)42)44-29-11-7-10-26(20-29)36-34(41)30(19-24-13-16-28(43-3)17-14-24)37-33(40)25-8-5-4-6-9-25/h4-20,31H,21H2,1-3H3,(H,36,41)(H,37,40)/b30-19+/t31-/m0/s1. The van der Waals surface area contributed by atoms with Gasteiger partial charge in [-0.1, -0.05) is 42.5 Å². The number of aryl methyl sites for hydroxylation is 2. The summed E-state index contributed by atoms with van der Waals surface area (Å²) in [6.07, 6.45) is 1.66. The predicted octanol–water partition coefficient (Wildman–Crippen LogP) is 6.15. The number of methoxy groups -OCH3 is 1. The van der Waals surface area contributed by atoms with E-state index in [1.807, 2.05) is 32.0 Å². The lowest BCUT2D eigenvalue weighted by atomic mass is 10.1. The van der Waals surface area contributed by atoms with E-state index in [4.69, 9.17) is 4.74 Å². The zero-order chi connectivity index (χ0) is 31.2. The van der Waals surface area contributed by atoms with Crippen molar-refractivity contribution in [3.63, 3.8) is 0 Å². The Bertz CT molecular complexity index is 1750. The number of hydrogen-bond acceptors (Lipinski definition) is 6. The van der Waals surface area contributed by atoms with E-state index in [2.05, 4.69) is 10.6 Å². The number of carbonyl (C=O) groups is 4. The van der Waals surface area contributed by atoms with Gasteiger partial charge in [0.1, 0.15) is 11.4 Å². The van der Waals surface area contributed by atoms with Gasteiger partial charge in [0.05, 0.1) is 18.0 Å². The average Bonchev–Trinajstić information content (AvgIpc) is 3.30. The zero-order valence-corrected chi connectivity index (χ0v) is 25.3. The Balaban J connectivity index is 1.33. The van der Waals surface area contributed by atoms with Gasteiger partial charge in [0, 0.05) is 22.6 Å². The summed E-state index contributed by atoms with van der Waals surface area (Å²) in [6.45, 7) is 3.92. The fourth-order valence-electron chi connectivity index (χ4n) is 4.65. The maximum atomic E-state index is 13.5. The van der Waals surface area contributed by atoms with Crippen LogP contribution in [-0.2, 0) is 14.4 Å². The first-order valence-electron chi connectivity index (χ1n) is 14.0. The number of ether oxygens (including phenoxy) is 1. The molecule has 1 fully saturated rings. The Morgan fingerprint density at radius 1 is 0.886 bits per heavy atom. The fourth-order valence-corrected chi connectivity index (χ4v) is 5.76. The third-order valence-corrected chi connectivity index (χ3v) is 8.36. The minimum atomic E-state index is -0.592.